The number of allylic oxidation sites excluding steroid dienone is 1. The van der Waals surface area contributed by atoms with E-state index in [1.807, 2.05) is 36.4 Å². The highest BCUT2D eigenvalue weighted by atomic mass is 16.5. The molecular formula is C20H22O4. The van der Waals surface area contributed by atoms with E-state index in [0.29, 0.717) is 24.2 Å². The van der Waals surface area contributed by atoms with E-state index in [-0.39, 0.29) is 5.56 Å². The van der Waals surface area contributed by atoms with Gasteiger partial charge in [0.25, 0.3) is 0 Å². The zero-order valence-corrected chi connectivity index (χ0v) is 13.9. The molecule has 0 aliphatic carbocycles. The Morgan fingerprint density at radius 1 is 1.17 bits per heavy atom. The van der Waals surface area contributed by atoms with E-state index < -0.39 is 12.1 Å². The van der Waals surface area contributed by atoms with Crippen LogP contribution >= 0.6 is 0 Å². The van der Waals surface area contributed by atoms with Crippen molar-refractivity contribution in [2.24, 2.45) is 0 Å². The van der Waals surface area contributed by atoms with E-state index in [1.54, 1.807) is 32.2 Å². The maximum Gasteiger partial charge on any atom is 0.336 e. The lowest BCUT2D eigenvalue weighted by Gasteiger charge is -2.14. The van der Waals surface area contributed by atoms with Gasteiger partial charge < -0.3 is 14.9 Å². The van der Waals surface area contributed by atoms with Crippen LogP contribution in [0.1, 0.15) is 41.3 Å². The van der Waals surface area contributed by atoms with E-state index >= 15 is 0 Å². The quantitative estimate of drug-likeness (QED) is 0.752. The first-order valence-electron chi connectivity index (χ1n) is 7.86. The Kier molecular flexibility index (Phi) is 6.15. The highest BCUT2D eigenvalue weighted by Crippen LogP contribution is 2.30. The molecule has 2 rings (SSSR count). The van der Waals surface area contributed by atoms with E-state index in [9.17, 15) is 15.0 Å². The number of benzene rings is 2. The van der Waals surface area contributed by atoms with Gasteiger partial charge in [-0.15, -0.1) is 0 Å². The van der Waals surface area contributed by atoms with Gasteiger partial charge in [-0.25, -0.2) is 4.79 Å². The molecule has 0 fully saturated rings. The number of carboxylic acid groups (broad SMARTS) is 1. The third-order valence-electron chi connectivity index (χ3n) is 3.78. The average molecular weight is 326 g/mol. The molecule has 0 radical (unpaired) electrons. The molecule has 0 saturated carbocycles. The Hall–Kier alpha value is -2.59. The number of aromatic carboxylic acids is 1. The summed E-state index contributed by atoms with van der Waals surface area (Å²) in [4.78, 5) is 11.6. The summed E-state index contributed by atoms with van der Waals surface area (Å²) in [5.41, 5.74) is 2.69. The number of hydrogen-bond acceptors (Lipinski definition) is 3. The lowest BCUT2D eigenvalue weighted by atomic mass is 9.93. The maximum absolute atomic E-state index is 11.6. The second kappa shape index (κ2) is 8.31. The topological polar surface area (TPSA) is 66.8 Å². The molecule has 0 aliphatic rings. The van der Waals surface area contributed by atoms with Crippen LogP contribution in [0, 0.1) is 0 Å². The van der Waals surface area contributed by atoms with Gasteiger partial charge in [0, 0.05) is 0 Å². The molecule has 2 aromatic carbocycles. The molecule has 0 aliphatic heterocycles. The molecule has 0 heterocycles. The smallest absolute Gasteiger partial charge is 0.336 e. The van der Waals surface area contributed by atoms with Crippen molar-refractivity contribution in [1.82, 2.24) is 0 Å². The predicted octanol–water partition coefficient (Wildman–Crippen LogP) is 4.10. The van der Waals surface area contributed by atoms with Crippen LogP contribution in [0.4, 0.5) is 0 Å². The molecule has 0 bridgehead atoms. The third-order valence-corrected chi connectivity index (χ3v) is 3.78. The van der Waals surface area contributed by atoms with Gasteiger partial charge in [-0.05, 0) is 54.7 Å². The molecule has 24 heavy (non-hydrogen) atoms. The van der Waals surface area contributed by atoms with Crippen LogP contribution in [0.2, 0.25) is 0 Å². The van der Waals surface area contributed by atoms with E-state index in [2.05, 4.69) is 0 Å². The summed E-state index contributed by atoms with van der Waals surface area (Å²) < 4.78 is 5.25. The van der Waals surface area contributed by atoms with Crippen LogP contribution in [0.15, 0.2) is 48.5 Å². The Bertz CT molecular complexity index is 718. The molecule has 0 aromatic heterocycles. The number of carboxylic acids is 1. The molecule has 4 nitrogen and oxygen atoms in total. The maximum atomic E-state index is 11.6. The molecule has 0 saturated heterocycles. The van der Waals surface area contributed by atoms with Gasteiger partial charge >= 0.3 is 5.97 Å². The van der Waals surface area contributed by atoms with Crippen molar-refractivity contribution in [3.63, 3.8) is 0 Å². The molecule has 1 unspecified atom stereocenters. The fourth-order valence-electron chi connectivity index (χ4n) is 2.50. The van der Waals surface area contributed by atoms with Crippen LogP contribution < -0.4 is 4.74 Å². The van der Waals surface area contributed by atoms with Gasteiger partial charge in [-0.1, -0.05) is 36.4 Å². The van der Waals surface area contributed by atoms with Crippen molar-refractivity contribution in [3.05, 3.63) is 65.2 Å². The summed E-state index contributed by atoms with van der Waals surface area (Å²) in [6.45, 7) is 1.73. The summed E-state index contributed by atoms with van der Waals surface area (Å²) >= 11 is 0. The van der Waals surface area contributed by atoms with Gasteiger partial charge in [0.15, 0.2) is 0 Å². The zero-order chi connectivity index (χ0) is 17.5. The van der Waals surface area contributed by atoms with Gasteiger partial charge in [0.2, 0.25) is 0 Å². The minimum absolute atomic E-state index is 0.226. The number of carbonyl (C=O) groups is 1. The molecule has 126 valence electrons. The van der Waals surface area contributed by atoms with Crippen molar-refractivity contribution in [1.29, 1.82) is 0 Å². The number of methoxy groups -OCH3 is 1. The van der Waals surface area contributed by atoms with Crippen molar-refractivity contribution in [3.8, 4) is 5.75 Å². The molecule has 4 heteroatoms. The normalized spacial score (nSPS) is 12.7. The Labute approximate surface area is 142 Å². The predicted molar refractivity (Wildman–Crippen MR) is 95.2 cm³/mol. The molecule has 0 amide bonds. The van der Waals surface area contributed by atoms with Crippen LogP contribution in [-0.2, 0) is 0 Å². The third kappa shape index (κ3) is 4.70. The van der Waals surface area contributed by atoms with Gasteiger partial charge in [-0.2, -0.15) is 0 Å². The SMILES string of the molecule is COc1ccc(C(=O)O)c(C(=Cc2ccccc2)CCC(C)O)c1. The lowest BCUT2D eigenvalue weighted by Crippen LogP contribution is -2.05. The molecule has 2 aromatic rings. The standard InChI is InChI=1S/C20H22O4/c1-14(21)8-9-16(12-15-6-4-3-5-7-15)19-13-17(24-2)10-11-18(19)20(22)23/h3-7,10-14,21H,8-9H2,1-2H3,(H,22,23). The van der Waals surface area contributed by atoms with Crippen LogP contribution in [-0.4, -0.2) is 29.4 Å². The fourth-order valence-corrected chi connectivity index (χ4v) is 2.50. The minimum atomic E-state index is -0.983. The summed E-state index contributed by atoms with van der Waals surface area (Å²) in [7, 11) is 1.55. The Morgan fingerprint density at radius 3 is 2.46 bits per heavy atom. The van der Waals surface area contributed by atoms with Gasteiger partial charge in [0.1, 0.15) is 5.75 Å². The van der Waals surface area contributed by atoms with Crippen molar-refractivity contribution in [2.45, 2.75) is 25.9 Å². The number of ether oxygens (including phenoxy) is 1. The first-order valence-corrected chi connectivity index (χ1v) is 7.86. The summed E-state index contributed by atoms with van der Waals surface area (Å²) in [5, 5.41) is 19.1. The number of hydrogen-bond donors (Lipinski definition) is 2. The Morgan fingerprint density at radius 2 is 1.88 bits per heavy atom. The van der Waals surface area contributed by atoms with Crippen molar-refractivity contribution >= 4 is 17.6 Å². The summed E-state index contributed by atoms with van der Waals surface area (Å²) in [6.07, 6.45) is 2.63. The molecule has 2 N–H and O–H groups in total. The second-order valence-corrected chi connectivity index (χ2v) is 5.68. The van der Waals surface area contributed by atoms with Crippen LogP contribution in [0.5, 0.6) is 5.75 Å². The summed E-state index contributed by atoms with van der Waals surface area (Å²) in [5.74, 6) is -0.380. The van der Waals surface area contributed by atoms with Gasteiger partial charge in [0.05, 0.1) is 18.8 Å². The second-order valence-electron chi connectivity index (χ2n) is 5.68. The highest BCUT2D eigenvalue weighted by molar-refractivity contribution is 5.97. The fraction of sp³-hybridized carbons (Fsp3) is 0.250. The number of rotatable bonds is 7. The zero-order valence-electron chi connectivity index (χ0n) is 13.9. The number of aliphatic hydroxyl groups is 1. The van der Waals surface area contributed by atoms with Crippen LogP contribution in [0.25, 0.3) is 11.6 Å². The largest absolute Gasteiger partial charge is 0.497 e. The molecule has 1 atom stereocenters. The lowest BCUT2D eigenvalue weighted by molar-refractivity contribution is 0.0696. The van der Waals surface area contributed by atoms with Crippen molar-refractivity contribution < 1.29 is 19.7 Å². The van der Waals surface area contributed by atoms with Gasteiger partial charge in [-0.3, -0.25) is 0 Å². The van der Waals surface area contributed by atoms with E-state index in [4.69, 9.17) is 4.74 Å². The molecular weight excluding hydrogens is 304 g/mol. The van der Waals surface area contributed by atoms with E-state index in [0.717, 1.165) is 11.1 Å². The van der Waals surface area contributed by atoms with E-state index in [1.165, 1.54) is 0 Å². The van der Waals surface area contributed by atoms with Crippen molar-refractivity contribution in [2.75, 3.05) is 7.11 Å². The monoisotopic (exact) mass is 326 g/mol. The summed E-state index contributed by atoms with van der Waals surface area (Å²) in [6, 6.07) is 14.6. The first kappa shape index (κ1) is 17.8. The number of aliphatic hydroxyl groups excluding tert-OH is 1. The van der Waals surface area contributed by atoms with Crippen LogP contribution in [0.3, 0.4) is 0 Å². The first-order chi connectivity index (χ1) is 11.5. The Balaban J connectivity index is 2.53. The molecule has 0 spiro atoms. The average Bonchev–Trinajstić information content (AvgIpc) is 2.58. The highest BCUT2D eigenvalue weighted by Gasteiger charge is 2.15. The minimum Gasteiger partial charge on any atom is -0.497 e.